The SMILES string of the molecule is Cc1ccc2ccc3oc4cccc5ccc6oc1c2c3-c6c54. The molecule has 4 aromatic rings. The lowest BCUT2D eigenvalue weighted by atomic mass is 9.89. The van der Waals surface area contributed by atoms with Gasteiger partial charge in [0, 0.05) is 21.9 Å². The predicted molar refractivity (Wildman–Crippen MR) is 93.5 cm³/mol. The average molecular weight is 296 g/mol. The summed E-state index contributed by atoms with van der Waals surface area (Å²) in [6.07, 6.45) is 0. The van der Waals surface area contributed by atoms with Crippen molar-refractivity contribution in [2.45, 2.75) is 6.92 Å². The van der Waals surface area contributed by atoms with E-state index in [-0.39, 0.29) is 0 Å². The molecule has 0 amide bonds. The van der Waals surface area contributed by atoms with E-state index in [0.29, 0.717) is 0 Å². The molecule has 0 N–H and O–H groups in total. The van der Waals surface area contributed by atoms with Crippen molar-refractivity contribution in [3.8, 4) is 11.1 Å². The monoisotopic (exact) mass is 296 g/mol. The summed E-state index contributed by atoms with van der Waals surface area (Å²) in [6.45, 7) is 2.09. The van der Waals surface area contributed by atoms with Gasteiger partial charge in [0.15, 0.2) is 0 Å². The Balaban J connectivity index is 2.09. The minimum atomic E-state index is 0.908. The summed E-state index contributed by atoms with van der Waals surface area (Å²) < 4.78 is 12.5. The van der Waals surface area contributed by atoms with Crippen LogP contribution in [0.2, 0.25) is 0 Å². The maximum atomic E-state index is 6.32. The summed E-state index contributed by atoms with van der Waals surface area (Å²) in [6, 6.07) is 18.8. The minimum Gasteiger partial charge on any atom is -0.456 e. The molecule has 2 aliphatic rings. The molecule has 23 heavy (non-hydrogen) atoms. The quantitative estimate of drug-likeness (QED) is 0.241. The van der Waals surface area contributed by atoms with E-state index < -0.39 is 0 Å². The molecule has 0 aromatic heterocycles. The lowest BCUT2D eigenvalue weighted by molar-refractivity contribution is 0.645. The molecule has 4 aromatic carbocycles. The van der Waals surface area contributed by atoms with Crippen molar-refractivity contribution in [1.29, 1.82) is 0 Å². The Morgan fingerprint density at radius 2 is 1.30 bits per heavy atom. The number of aryl methyl sites for hydroxylation is 1. The van der Waals surface area contributed by atoms with Gasteiger partial charge in [0.1, 0.15) is 22.3 Å². The number of hydrogen-bond donors (Lipinski definition) is 0. The van der Waals surface area contributed by atoms with E-state index in [4.69, 9.17) is 8.83 Å². The van der Waals surface area contributed by atoms with Crippen molar-refractivity contribution in [3.05, 3.63) is 60.2 Å². The molecule has 0 saturated heterocycles. The van der Waals surface area contributed by atoms with E-state index in [0.717, 1.165) is 38.7 Å². The fourth-order valence-electron chi connectivity index (χ4n) is 3.91. The van der Waals surface area contributed by atoms with Gasteiger partial charge in [-0.25, -0.2) is 0 Å². The summed E-state index contributed by atoms with van der Waals surface area (Å²) in [5.41, 5.74) is 7.19. The maximum Gasteiger partial charge on any atom is 0.138 e. The Hall–Kier alpha value is -3.00. The third-order valence-electron chi connectivity index (χ3n) is 4.95. The van der Waals surface area contributed by atoms with Crippen LogP contribution in [0.4, 0.5) is 0 Å². The highest BCUT2D eigenvalue weighted by Crippen LogP contribution is 2.48. The van der Waals surface area contributed by atoms with Gasteiger partial charge < -0.3 is 8.83 Å². The normalized spacial score (nSPS) is 12.6. The van der Waals surface area contributed by atoms with Crippen LogP contribution in [-0.2, 0) is 0 Å². The predicted octanol–water partition coefficient (Wildman–Crippen LogP) is 6.34. The highest BCUT2D eigenvalue weighted by Gasteiger charge is 2.24. The summed E-state index contributed by atoms with van der Waals surface area (Å²) in [5, 5.41) is 4.69. The van der Waals surface area contributed by atoms with Crippen LogP contribution in [0.3, 0.4) is 0 Å². The second-order valence-electron chi connectivity index (χ2n) is 6.25. The topological polar surface area (TPSA) is 26.3 Å². The largest absolute Gasteiger partial charge is 0.456 e. The zero-order valence-corrected chi connectivity index (χ0v) is 12.5. The van der Waals surface area contributed by atoms with Gasteiger partial charge in [-0.05, 0) is 41.5 Å². The molecule has 0 bridgehead atoms. The minimum absolute atomic E-state index is 0.908. The molecule has 0 aliphatic carbocycles. The van der Waals surface area contributed by atoms with Crippen LogP contribution in [-0.4, -0.2) is 0 Å². The molecule has 6 rings (SSSR count). The number of benzene rings is 4. The number of rotatable bonds is 0. The molecule has 2 heteroatoms. The Kier molecular flexibility index (Phi) is 1.84. The van der Waals surface area contributed by atoms with E-state index in [1.165, 1.54) is 21.9 Å². The standard InChI is InChI=1S/C21H12O2/c1-11-5-6-13-8-9-15-20-18(13)21(11)23-16-10-7-12-3-2-4-14(22-15)17(12)19(16)20/h2-10H,1H3. The van der Waals surface area contributed by atoms with Crippen molar-refractivity contribution in [1.82, 2.24) is 0 Å². The van der Waals surface area contributed by atoms with Crippen LogP contribution in [0.5, 0.6) is 0 Å². The summed E-state index contributed by atoms with van der Waals surface area (Å²) in [5.74, 6) is 0. The molecular formula is C21H12O2. The van der Waals surface area contributed by atoms with E-state index in [2.05, 4.69) is 49.4 Å². The lowest BCUT2D eigenvalue weighted by Crippen LogP contribution is -1.95. The van der Waals surface area contributed by atoms with Crippen molar-refractivity contribution >= 4 is 43.9 Å². The van der Waals surface area contributed by atoms with Crippen LogP contribution >= 0.6 is 0 Å². The molecule has 2 aliphatic heterocycles. The van der Waals surface area contributed by atoms with Crippen molar-refractivity contribution in [2.24, 2.45) is 0 Å². The highest BCUT2D eigenvalue weighted by molar-refractivity contribution is 6.23. The molecule has 0 atom stereocenters. The van der Waals surface area contributed by atoms with Crippen LogP contribution in [0.25, 0.3) is 55.0 Å². The van der Waals surface area contributed by atoms with Gasteiger partial charge in [-0.3, -0.25) is 0 Å². The van der Waals surface area contributed by atoms with Crippen LogP contribution in [0.1, 0.15) is 5.56 Å². The van der Waals surface area contributed by atoms with E-state index in [9.17, 15) is 0 Å². The first kappa shape index (κ1) is 11.6. The molecule has 108 valence electrons. The first-order chi connectivity index (χ1) is 11.3. The molecule has 0 saturated carbocycles. The second kappa shape index (κ2) is 3.66. The van der Waals surface area contributed by atoms with Gasteiger partial charge in [-0.15, -0.1) is 0 Å². The second-order valence-corrected chi connectivity index (χ2v) is 6.25. The van der Waals surface area contributed by atoms with Gasteiger partial charge in [-0.2, -0.15) is 0 Å². The number of hydrogen-bond acceptors (Lipinski definition) is 2. The first-order valence-electron chi connectivity index (χ1n) is 7.79. The van der Waals surface area contributed by atoms with Crippen molar-refractivity contribution in [2.75, 3.05) is 0 Å². The fraction of sp³-hybridized carbons (Fsp3) is 0.0476. The van der Waals surface area contributed by atoms with Crippen LogP contribution in [0, 0.1) is 6.92 Å². The van der Waals surface area contributed by atoms with Gasteiger partial charge in [0.2, 0.25) is 0 Å². The van der Waals surface area contributed by atoms with E-state index in [1.807, 2.05) is 12.1 Å². The summed E-state index contributed by atoms with van der Waals surface area (Å²) in [4.78, 5) is 0. The van der Waals surface area contributed by atoms with Gasteiger partial charge in [-0.1, -0.05) is 36.4 Å². The third-order valence-corrected chi connectivity index (χ3v) is 4.95. The van der Waals surface area contributed by atoms with Gasteiger partial charge in [0.25, 0.3) is 0 Å². The van der Waals surface area contributed by atoms with E-state index in [1.54, 1.807) is 0 Å². The van der Waals surface area contributed by atoms with Gasteiger partial charge >= 0.3 is 0 Å². The molecule has 2 heterocycles. The molecule has 2 nitrogen and oxygen atoms in total. The van der Waals surface area contributed by atoms with E-state index >= 15 is 0 Å². The highest BCUT2D eigenvalue weighted by atomic mass is 16.3. The van der Waals surface area contributed by atoms with Crippen LogP contribution < -0.4 is 0 Å². The molecule has 0 radical (unpaired) electrons. The molecule has 0 spiro atoms. The fourth-order valence-corrected chi connectivity index (χ4v) is 3.91. The molecular weight excluding hydrogens is 284 g/mol. The molecule has 0 unspecified atom stereocenters. The Morgan fingerprint density at radius 3 is 2.17 bits per heavy atom. The van der Waals surface area contributed by atoms with Crippen molar-refractivity contribution < 1.29 is 8.83 Å². The summed E-state index contributed by atoms with van der Waals surface area (Å²) in [7, 11) is 0. The van der Waals surface area contributed by atoms with Crippen molar-refractivity contribution in [3.63, 3.8) is 0 Å². The first-order valence-corrected chi connectivity index (χ1v) is 7.79. The zero-order chi connectivity index (χ0) is 15.1. The van der Waals surface area contributed by atoms with Gasteiger partial charge in [0.05, 0.1) is 0 Å². The lowest BCUT2D eigenvalue weighted by Gasteiger charge is -2.19. The van der Waals surface area contributed by atoms with Crippen LogP contribution in [0.15, 0.2) is 63.4 Å². The maximum absolute atomic E-state index is 6.32. The average Bonchev–Trinajstić information content (AvgIpc) is 2.59. The zero-order valence-electron chi connectivity index (χ0n) is 12.5. The summed E-state index contributed by atoms with van der Waals surface area (Å²) >= 11 is 0. The Bertz CT molecular complexity index is 1320. The molecule has 0 fully saturated rings. The third kappa shape index (κ3) is 1.26. The Morgan fingerprint density at radius 1 is 0.609 bits per heavy atom. The smallest absolute Gasteiger partial charge is 0.138 e. The Labute approximate surface area is 131 Å².